The molecule has 0 atom stereocenters. The van der Waals surface area contributed by atoms with E-state index in [9.17, 15) is 19.2 Å². The van der Waals surface area contributed by atoms with Crippen LogP contribution >= 0.6 is 0 Å². The average Bonchev–Trinajstić information content (AvgIpc) is 3.06. The molecule has 0 heterocycles. The van der Waals surface area contributed by atoms with Crippen LogP contribution in [0.15, 0.2) is 0 Å². The van der Waals surface area contributed by atoms with Gasteiger partial charge in [0, 0.05) is 24.5 Å². The van der Waals surface area contributed by atoms with Gasteiger partial charge in [-0.2, -0.15) is 0 Å². The van der Waals surface area contributed by atoms with Crippen LogP contribution in [0.1, 0.15) is 135 Å². The maximum atomic E-state index is 13.0. The SMILES string of the molecule is O=C(CC1CCCCC1)OCC(COC(=O)NC1CCCCC1)(COC(=O)NC1CCCCC1)COC(=O)NC1CCCCC1. The topological polar surface area (TPSA) is 141 Å². The Morgan fingerprint density at radius 1 is 0.444 bits per heavy atom. The maximum absolute atomic E-state index is 13.0. The quantitative estimate of drug-likeness (QED) is 0.151. The molecule has 0 aromatic heterocycles. The lowest BCUT2D eigenvalue weighted by Gasteiger charge is -2.33. The van der Waals surface area contributed by atoms with Crippen molar-refractivity contribution in [1.82, 2.24) is 16.0 Å². The molecule has 3 N–H and O–H groups in total. The van der Waals surface area contributed by atoms with Gasteiger partial charge in [-0.25, -0.2) is 14.4 Å². The standard InChI is InChI=1S/C34H57N3O8/c38-30(21-26-13-5-1-6-14-26)42-22-34(23-43-31(39)35-27-15-7-2-8-16-27,24-44-32(40)36-28-17-9-3-10-18-28)25-45-33(41)37-29-19-11-4-12-20-29/h26-29H,1-25H2,(H,35,39)(H,36,40)(H,37,41). The van der Waals surface area contributed by atoms with E-state index in [0.717, 1.165) is 122 Å². The van der Waals surface area contributed by atoms with Crippen molar-refractivity contribution in [1.29, 1.82) is 0 Å². The van der Waals surface area contributed by atoms with Crippen LogP contribution in [0.25, 0.3) is 0 Å². The summed E-state index contributed by atoms with van der Waals surface area (Å²) in [5, 5.41) is 8.82. The van der Waals surface area contributed by atoms with Gasteiger partial charge in [0.05, 0.1) is 0 Å². The van der Waals surface area contributed by atoms with Crippen LogP contribution in [-0.4, -0.2) is 68.8 Å². The van der Waals surface area contributed by atoms with E-state index in [2.05, 4.69) is 16.0 Å². The van der Waals surface area contributed by atoms with Crippen molar-refractivity contribution in [2.24, 2.45) is 11.3 Å². The number of alkyl carbamates (subject to hydrolysis) is 3. The van der Waals surface area contributed by atoms with Gasteiger partial charge >= 0.3 is 24.2 Å². The highest BCUT2D eigenvalue weighted by molar-refractivity contribution is 5.70. The minimum Gasteiger partial charge on any atom is -0.465 e. The highest BCUT2D eigenvalue weighted by atomic mass is 16.6. The molecule has 45 heavy (non-hydrogen) atoms. The minimum absolute atomic E-state index is 0.0454. The van der Waals surface area contributed by atoms with Crippen molar-refractivity contribution >= 4 is 24.2 Å². The fourth-order valence-corrected chi connectivity index (χ4v) is 7.19. The lowest BCUT2D eigenvalue weighted by atomic mass is 9.87. The van der Waals surface area contributed by atoms with Crippen LogP contribution in [0.5, 0.6) is 0 Å². The molecule has 0 unspecified atom stereocenters. The van der Waals surface area contributed by atoms with E-state index in [4.69, 9.17) is 18.9 Å². The summed E-state index contributed by atoms with van der Waals surface area (Å²) in [6, 6.07) is 0.136. The van der Waals surface area contributed by atoms with Gasteiger partial charge in [0.15, 0.2) is 0 Å². The van der Waals surface area contributed by atoms with E-state index >= 15 is 0 Å². The number of esters is 1. The number of amides is 3. The van der Waals surface area contributed by atoms with Gasteiger partial charge in [-0.1, -0.05) is 77.0 Å². The molecule has 3 amide bonds. The van der Waals surface area contributed by atoms with Gasteiger partial charge in [-0.3, -0.25) is 4.79 Å². The third-order valence-electron chi connectivity index (χ3n) is 10.0. The third-order valence-corrected chi connectivity index (χ3v) is 10.0. The Hall–Kier alpha value is -2.72. The number of rotatable bonds is 13. The molecule has 4 aliphatic carbocycles. The molecule has 0 spiro atoms. The van der Waals surface area contributed by atoms with Gasteiger partial charge in [0.1, 0.15) is 31.8 Å². The minimum atomic E-state index is -1.28. The summed E-state index contributed by atoms with van der Waals surface area (Å²) in [7, 11) is 0. The molecule has 0 aromatic carbocycles. The molecule has 4 saturated carbocycles. The van der Waals surface area contributed by atoms with Crippen molar-refractivity contribution in [3.8, 4) is 0 Å². The van der Waals surface area contributed by atoms with Crippen molar-refractivity contribution < 1.29 is 38.1 Å². The molecule has 0 radical (unpaired) electrons. The second-order valence-electron chi connectivity index (χ2n) is 14.0. The number of hydrogen-bond donors (Lipinski definition) is 3. The van der Waals surface area contributed by atoms with Crippen molar-refractivity contribution in [2.75, 3.05) is 26.4 Å². The highest BCUT2D eigenvalue weighted by Crippen LogP contribution is 2.28. The Morgan fingerprint density at radius 2 is 0.756 bits per heavy atom. The fraction of sp³-hybridized carbons (Fsp3) is 0.882. The molecule has 4 aliphatic rings. The van der Waals surface area contributed by atoms with Gasteiger partial charge in [0.2, 0.25) is 0 Å². The largest absolute Gasteiger partial charge is 0.465 e. The smallest absolute Gasteiger partial charge is 0.407 e. The predicted molar refractivity (Wildman–Crippen MR) is 169 cm³/mol. The fourth-order valence-electron chi connectivity index (χ4n) is 7.19. The molecule has 256 valence electrons. The van der Waals surface area contributed by atoms with Crippen LogP contribution in [0.3, 0.4) is 0 Å². The van der Waals surface area contributed by atoms with E-state index < -0.39 is 23.7 Å². The maximum Gasteiger partial charge on any atom is 0.407 e. The molecule has 0 aromatic rings. The van der Waals surface area contributed by atoms with Crippen LogP contribution < -0.4 is 16.0 Å². The summed E-state index contributed by atoms with van der Waals surface area (Å²) in [6.07, 6.45) is 19.1. The second-order valence-corrected chi connectivity index (χ2v) is 14.0. The summed E-state index contributed by atoms with van der Waals surface area (Å²) in [4.78, 5) is 51.6. The van der Waals surface area contributed by atoms with E-state index in [0.29, 0.717) is 6.42 Å². The number of ether oxygens (including phenoxy) is 4. The van der Waals surface area contributed by atoms with Crippen LogP contribution in [0.4, 0.5) is 14.4 Å². The number of carbonyl (C=O) groups is 4. The Bertz CT molecular complexity index is 773. The first kappa shape index (κ1) is 35.1. The first-order valence-corrected chi connectivity index (χ1v) is 17.8. The molecular formula is C34H57N3O8. The third kappa shape index (κ3) is 13.3. The van der Waals surface area contributed by atoms with E-state index in [1.54, 1.807) is 0 Å². The molecule has 0 saturated heterocycles. The van der Waals surface area contributed by atoms with Gasteiger partial charge in [-0.15, -0.1) is 0 Å². The Morgan fingerprint density at radius 3 is 1.11 bits per heavy atom. The van der Waals surface area contributed by atoms with Gasteiger partial charge in [-0.05, 0) is 57.3 Å². The van der Waals surface area contributed by atoms with Crippen LogP contribution in [-0.2, 0) is 23.7 Å². The summed E-state index contributed by atoms with van der Waals surface area (Å²) < 4.78 is 22.9. The van der Waals surface area contributed by atoms with E-state index in [1.807, 2.05) is 0 Å². The van der Waals surface area contributed by atoms with Crippen LogP contribution in [0, 0.1) is 11.3 Å². The van der Waals surface area contributed by atoms with Crippen LogP contribution in [0.2, 0.25) is 0 Å². The van der Waals surface area contributed by atoms with Crippen molar-refractivity contribution in [3.05, 3.63) is 0 Å². The predicted octanol–water partition coefficient (Wildman–Crippen LogP) is 6.66. The van der Waals surface area contributed by atoms with Crippen molar-refractivity contribution in [3.63, 3.8) is 0 Å². The Balaban J connectivity index is 1.41. The second kappa shape index (κ2) is 19.1. The van der Waals surface area contributed by atoms with E-state index in [-0.39, 0.29) is 56.4 Å². The van der Waals surface area contributed by atoms with Crippen molar-refractivity contribution in [2.45, 2.75) is 153 Å². The lowest BCUT2D eigenvalue weighted by molar-refractivity contribution is -0.152. The molecule has 0 aliphatic heterocycles. The zero-order valence-corrected chi connectivity index (χ0v) is 27.3. The summed E-state index contributed by atoms with van der Waals surface area (Å²) in [6.45, 7) is -0.982. The zero-order valence-electron chi connectivity index (χ0n) is 27.3. The molecule has 0 bridgehead atoms. The molecule has 11 nitrogen and oxygen atoms in total. The first-order chi connectivity index (χ1) is 21.9. The average molecular weight is 636 g/mol. The Kier molecular flexibility index (Phi) is 14.9. The molecular weight excluding hydrogens is 578 g/mol. The summed E-state index contributed by atoms with van der Waals surface area (Å²) in [5.74, 6) is -0.0653. The van der Waals surface area contributed by atoms with E-state index in [1.165, 1.54) is 6.42 Å². The zero-order chi connectivity index (χ0) is 31.7. The molecule has 4 rings (SSSR count). The number of carbonyl (C=O) groups excluding carboxylic acids is 4. The highest BCUT2D eigenvalue weighted by Gasteiger charge is 2.39. The normalized spacial score (nSPS) is 20.9. The number of hydrogen-bond acceptors (Lipinski definition) is 8. The molecule has 4 fully saturated rings. The van der Waals surface area contributed by atoms with Gasteiger partial charge in [0.25, 0.3) is 0 Å². The monoisotopic (exact) mass is 635 g/mol. The van der Waals surface area contributed by atoms with Gasteiger partial charge < -0.3 is 34.9 Å². The lowest BCUT2D eigenvalue weighted by Crippen LogP contribution is -2.48. The molecule has 11 heteroatoms. The summed E-state index contributed by atoms with van der Waals surface area (Å²) in [5.41, 5.74) is -1.28. The summed E-state index contributed by atoms with van der Waals surface area (Å²) >= 11 is 0. The number of nitrogens with one attached hydrogen (secondary N) is 3. The Labute approximate surface area is 269 Å². The first-order valence-electron chi connectivity index (χ1n) is 17.8.